The van der Waals surface area contributed by atoms with Crippen molar-refractivity contribution in [3.05, 3.63) is 0 Å². The Kier molecular flexibility index (Phi) is 8.94. The lowest BCUT2D eigenvalue weighted by Crippen LogP contribution is -2.52. The SMILES string of the molecule is CC1CN=C(C2CCCC(NC(=O)NC3CCC(NC(=O)NC4CCCC(C5=NCC(C)N5)C4)CC3)C2)N1. The minimum Gasteiger partial charge on any atom is -0.369 e. The highest BCUT2D eigenvalue weighted by Gasteiger charge is 2.32. The quantitative estimate of drug-likeness (QED) is 0.316. The van der Waals surface area contributed by atoms with Crippen LogP contribution in [0.15, 0.2) is 9.98 Å². The maximum atomic E-state index is 12.7. The zero-order valence-electron chi connectivity index (χ0n) is 23.2. The van der Waals surface area contributed by atoms with Crippen molar-refractivity contribution < 1.29 is 9.59 Å². The molecule has 3 saturated carbocycles. The molecule has 2 aliphatic heterocycles. The van der Waals surface area contributed by atoms with Crippen molar-refractivity contribution in [1.29, 1.82) is 0 Å². The Morgan fingerprint density at radius 1 is 0.605 bits per heavy atom. The van der Waals surface area contributed by atoms with Gasteiger partial charge in [-0.15, -0.1) is 0 Å². The summed E-state index contributed by atoms with van der Waals surface area (Å²) < 4.78 is 0. The number of hydrogen-bond donors (Lipinski definition) is 6. The number of amides is 4. The van der Waals surface area contributed by atoms with E-state index in [4.69, 9.17) is 0 Å². The maximum Gasteiger partial charge on any atom is 0.315 e. The van der Waals surface area contributed by atoms with E-state index in [2.05, 4.69) is 55.7 Å². The van der Waals surface area contributed by atoms with Crippen molar-refractivity contribution in [3.63, 3.8) is 0 Å². The van der Waals surface area contributed by atoms with Crippen LogP contribution in [0, 0.1) is 11.8 Å². The average molecular weight is 529 g/mol. The number of amidine groups is 2. The predicted octanol–water partition coefficient (Wildman–Crippen LogP) is 2.79. The fourth-order valence-electron chi connectivity index (χ4n) is 7.00. The van der Waals surface area contributed by atoms with E-state index in [1.807, 2.05) is 0 Å². The normalized spacial score (nSPS) is 37.2. The molecule has 3 fully saturated rings. The summed E-state index contributed by atoms with van der Waals surface area (Å²) in [7, 11) is 0. The molecule has 10 nitrogen and oxygen atoms in total. The largest absolute Gasteiger partial charge is 0.369 e. The third-order valence-corrected chi connectivity index (χ3v) is 9.05. The van der Waals surface area contributed by atoms with Crippen molar-refractivity contribution in [2.75, 3.05) is 13.1 Å². The molecule has 4 amide bonds. The molecule has 6 atom stereocenters. The van der Waals surface area contributed by atoms with E-state index in [9.17, 15) is 9.59 Å². The highest BCUT2D eigenvalue weighted by molar-refractivity contribution is 5.87. The van der Waals surface area contributed by atoms with Crippen LogP contribution in [-0.2, 0) is 0 Å². The number of carbonyl (C=O) groups excluding carboxylic acids is 2. The van der Waals surface area contributed by atoms with E-state index in [0.29, 0.717) is 23.9 Å². The number of aliphatic imine (C=N–C) groups is 2. The number of nitrogens with zero attached hydrogens (tertiary/aromatic N) is 2. The van der Waals surface area contributed by atoms with Gasteiger partial charge in [-0.25, -0.2) is 9.59 Å². The lowest BCUT2D eigenvalue weighted by atomic mass is 9.85. The standard InChI is InChI=1S/C28H48N8O2/c1-17-15-29-25(31-17)19-5-3-7-23(13-19)35-27(37)33-21-9-11-22(12-10-21)34-28(38)36-24-8-4-6-20(14-24)26-30-16-18(2)32-26/h17-24H,3-16H2,1-2H3,(H,29,31)(H,30,32)(H2,33,35,37)(H2,34,36,38). The van der Waals surface area contributed by atoms with E-state index in [-0.39, 0.29) is 36.2 Å². The molecule has 10 heteroatoms. The first-order valence-electron chi connectivity index (χ1n) is 15.2. The number of nitrogens with one attached hydrogen (secondary N) is 6. The molecule has 38 heavy (non-hydrogen) atoms. The third-order valence-electron chi connectivity index (χ3n) is 9.05. The maximum absolute atomic E-state index is 12.7. The second kappa shape index (κ2) is 12.6. The lowest BCUT2D eigenvalue weighted by Gasteiger charge is -2.33. The zero-order chi connectivity index (χ0) is 26.5. The van der Waals surface area contributed by atoms with Gasteiger partial charge < -0.3 is 31.9 Å². The Bertz CT molecular complexity index is 827. The molecule has 5 aliphatic rings. The van der Waals surface area contributed by atoms with Crippen LogP contribution in [0.3, 0.4) is 0 Å². The molecule has 6 unspecified atom stereocenters. The topological polar surface area (TPSA) is 131 Å². The highest BCUT2D eigenvalue weighted by Crippen LogP contribution is 2.28. The van der Waals surface area contributed by atoms with Crippen molar-refractivity contribution in [2.24, 2.45) is 21.8 Å². The van der Waals surface area contributed by atoms with Gasteiger partial charge in [0.15, 0.2) is 0 Å². The molecular formula is C28H48N8O2. The monoisotopic (exact) mass is 528 g/mol. The second-order valence-electron chi connectivity index (χ2n) is 12.4. The van der Waals surface area contributed by atoms with Gasteiger partial charge in [-0.05, 0) is 78.1 Å². The van der Waals surface area contributed by atoms with Gasteiger partial charge in [0.25, 0.3) is 0 Å². The van der Waals surface area contributed by atoms with Gasteiger partial charge in [0, 0.05) is 48.1 Å². The molecule has 3 aliphatic carbocycles. The molecule has 0 saturated heterocycles. The summed E-state index contributed by atoms with van der Waals surface area (Å²) in [4.78, 5) is 34.8. The van der Waals surface area contributed by atoms with E-state index >= 15 is 0 Å². The lowest BCUT2D eigenvalue weighted by molar-refractivity contribution is 0.212. The molecular weight excluding hydrogens is 480 g/mol. The summed E-state index contributed by atoms with van der Waals surface area (Å²) in [5.41, 5.74) is 0. The van der Waals surface area contributed by atoms with Crippen LogP contribution < -0.4 is 31.9 Å². The fraction of sp³-hybridized carbons (Fsp3) is 0.857. The van der Waals surface area contributed by atoms with Crippen LogP contribution in [0.1, 0.15) is 90.9 Å². The Hall–Kier alpha value is -2.52. The van der Waals surface area contributed by atoms with Gasteiger partial charge in [-0.2, -0.15) is 0 Å². The van der Waals surface area contributed by atoms with Gasteiger partial charge in [0.2, 0.25) is 0 Å². The van der Waals surface area contributed by atoms with E-state index < -0.39 is 0 Å². The average Bonchev–Trinajstić information content (AvgIpc) is 3.54. The van der Waals surface area contributed by atoms with Crippen LogP contribution in [0.25, 0.3) is 0 Å². The first kappa shape index (κ1) is 27.1. The second-order valence-corrected chi connectivity index (χ2v) is 12.4. The third kappa shape index (κ3) is 7.32. The Morgan fingerprint density at radius 3 is 1.37 bits per heavy atom. The van der Waals surface area contributed by atoms with Crippen LogP contribution in [0.5, 0.6) is 0 Å². The van der Waals surface area contributed by atoms with Gasteiger partial charge >= 0.3 is 12.1 Å². The fourth-order valence-corrected chi connectivity index (χ4v) is 7.00. The summed E-state index contributed by atoms with van der Waals surface area (Å²) in [6.07, 6.45) is 12.1. The van der Waals surface area contributed by atoms with Crippen molar-refractivity contribution in [2.45, 2.75) is 127 Å². The van der Waals surface area contributed by atoms with E-state index in [1.54, 1.807) is 0 Å². The van der Waals surface area contributed by atoms with Crippen molar-refractivity contribution in [3.8, 4) is 0 Å². The minimum atomic E-state index is -0.0536. The summed E-state index contributed by atoms with van der Waals surface area (Å²) in [5.74, 6) is 3.14. The Morgan fingerprint density at radius 2 is 1.00 bits per heavy atom. The molecule has 2 heterocycles. The molecule has 0 bridgehead atoms. The van der Waals surface area contributed by atoms with E-state index in [0.717, 1.165) is 102 Å². The molecule has 0 aromatic carbocycles. The van der Waals surface area contributed by atoms with Gasteiger partial charge in [0.05, 0.1) is 24.8 Å². The number of urea groups is 2. The predicted molar refractivity (Wildman–Crippen MR) is 151 cm³/mol. The minimum absolute atomic E-state index is 0.0536. The van der Waals surface area contributed by atoms with Gasteiger partial charge in [-0.3, -0.25) is 9.98 Å². The van der Waals surface area contributed by atoms with Crippen molar-refractivity contribution >= 4 is 23.7 Å². The van der Waals surface area contributed by atoms with Gasteiger partial charge in [-0.1, -0.05) is 12.8 Å². The summed E-state index contributed by atoms with van der Waals surface area (Å²) in [6, 6.07) is 1.48. The van der Waals surface area contributed by atoms with Crippen molar-refractivity contribution in [1.82, 2.24) is 31.9 Å². The molecule has 0 aromatic rings. The molecule has 212 valence electrons. The molecule has 5 rings (SSSR count). The number of hydrogen-bond acceptors (Lipinski definition) is 6. The molecule has 6 N–H and O–H groups in total. The number of carbonyl (C=O) groups is 2. The van der Waals surface area contributed by atoms with Crippen LogP contribution in [0.2, 0.25) is 0 Å². The summed E-state index contributed by atoms with van der Waals surface area (Å²) >= 11 is 0. The molecule has 0 radical (unpaired) electrons. The zero-order valence-corrected chi connectivity index (χ0v) is 23.2. The van der Waals surface area contributed by atoms with E-state index in [1.165, 1.54) is 0 Å². The highest BCUT2D eigenvalue weighted by atomic mass is 16.2. The molecule has 0 aromatic heterocycles. The van der Waals surface area contributed by atoms with Crippen LogP contribution in [-0.4, -0.2) is 73.1 Å². The van der Waals surface area contributed by atoms with Gasteiger partial charge in [0.1, 0.15) is 0 Å². The molecule has 0 spiro atoms. The first-order valence-corrected chi connectivity index (χ1v) is 15.2. The Labute approximate surface area is 227 Å². The first-order chi connectivity index (χ1) is 18.4. The Balaban J connectivity index is 0.975. The summed E-state index contributed by atoms with van der Waals surface area (Å²) in [5, 5.41) is 19.8. The number of rotatable bonds is 6. The smallest absolute Gasteiger partial charge is 0.315 e. The summed E-state index contributed by atoms with van der Waals surface area (Å²) in [6.45, 7) is 6.04. The van der Waals surface area contributed by atoms with Crippen LogP contribution in [0.4, 0.5) is 9.59 Å². The van der Waals surface area contributed by atoms with Crippen LogP contribution >= 0.6 is 0 Å².